The van der Waals surface area contributed by atoms with Gasteiger partial charge in [0, 0.05) is 27.8 Å². The molecule has 0 bridgehead atoms. The summed E-state index contributed by atoms with van der Waals surface area (Å²) in [4.78, 5) is 0. The lowest BCUT2D eigenvalue weighted by Gasteiger charge is -2.29. The molecule has 0 saturated carbocycles. The van der Waals surface area contributed by atoms with Crippen molar-refractivity contribution in [2.24, 2.45) is 0 Å². The Morgan fingerprint density at radius 1 is 0.548 bits per heavy atom. The molecule has 42 heavy (non-hydrogen) atoms. The summed E-state index contributed by atoms with van der Waals surface area (Å²) in [7, 11) is 0. The molecule has 0 amide bonds. The van der Waals surface area contributed by atoms with E-state index in [0.717, 1.165) is 6.42 Å². The molecule has 1 unspecified atom stereocenters. The summed E-state index contributed by atoms with van der Waals surface area (Å²) in [5.41, 5.74) is 16.2. The maximum atomic E-state index is 2.50. The van der Waals surface area contributed by atoms with Gasteiger partial charge in [-0.15, -0.1) is 0 Å². The average molecular weight is 538 g/mol. The summed E-state index contributed by atoms with van der Waals surface area (Å²) in [6.07, 6.45) is 1.03. The zero-order valence-corrected chi connectivity index (χ0v) is 23.9. The number of para-hydroxylation sites is 1. The third-order valence-electron chi connectivity index (χ3n) is 9.98. The average Bonchev–Trinajstić information content (AvgIpc) is 3.48. The first-order chi connectivity index (χ1) is 20.6. The highest BCUT2D eigenvalue weighted by Crippen LogP contribution is 2.51. The zero-order valence-electron chi connectivity index (χ0n) is 23.9. The van der Waals surface area contributed by atoms with Crippen molar-refractivity contribution in [3.8, 4) is 27.9 Å². The fraction of sp³-hybridized carbons (Fsp3) is 0.122. The number of hydrogen-bond acceptors (Lipinski definition) is 0. The Morgan fingerprint density at radius 2 is 1.29 bits per heavy atom. The van der Waals surface area contributed by atoms with Gasteiger partial charge < -0.3 is 4.57 Å². The minimum Gasteiger partial charge on any atom is -0.309 e. The molecule has 6 aromatic carbocycles. The number of aromatic nitrogens is 1. The van der Waals surface area contributed by atoms with E-state index in [4.69, 9.17) is 0 Å². The quantitative estimate of drug-likeness (QED) is 0.207. The van der Waals surface area contributed by atoms with Gasteiger partial charge in [-0.25, -0.2) is 0 Å². The summed E-state index contributed by atoms with van der Waals surface area (Å²) >= 11 is 0. The molecule has 0 radical (unpaired) electrons. The van der Waals surface area contributed by atoms with E-state index in [1.807, 2.05) is 0 Å². The highest BCUT2D eigenvalue weighted by atomic mass is 15.0. The smallest absolute Gasteiger partial charge is 0.0544 e. The molecule has 1 atom stereocenters. The maximum absolute atomic E-state index is 2.50. The van der Waals surface area contributed by atoms with Gasteiger partial charge in [-0.05, 0) is 86.8 Å². The van der Waals surface area contributed by atoms with Gasteiger partial charge in [-0.3, -0.25) is 0 Å². The second kappa shape index (κ2) is 8.57. The highest BCUT2D eigenvalue weighted by molar-refractivity contribution is 6.11. The third-order valence-corrected chi connectivity index (χ3v) is 9.98. The van der Waals surface area contributed by atoms with Crippen LogP contribution in [0.5, 0.6) is 0 Å². The molecular formula is C41H31N. The van der Waals surface area contributed by atoms with Gasteiger partial charge in [0.2, 0.25) is 0 Å². The van der Waals surface area contributed by atoms with Crippen LogP contribution in [0.1, 0.15) is 47.6 Å². The molecular weight excluding hydrogens is 506 g/mol. The van der Waals surface area contributed by atoms with Gasteiger partial charge in [0.25, 0.3) is 0 Å². The minimum atomic E-state index is -0.0426. The molecule has 2 aliphatic carbocycles. The van der Waals surface area contributed by atoms with Crippen molar-refractivity contribution < 1.29 is 0 Å². The van der Waals surface area contributed by atoms with Crippen LogP contribution in [0.15, 0.2) is 133 Å². The minimum absolute atomic E-state index is 0.0426. The Bertz CT molecular complexity index is 2190. The van der Waals surface area contributed by atoms with E-state index in [1.165, 1.54) is 77.6 Å². The Labute approximate surface area is 246 Å². The van der Waals surface area contributed by atoms with Crippen molar-refractivity contribution in [1.82, 2.24) is 4.57 Å². The van der Waals surface area contributed by atoms with Crippen LogP contribution < -0.4 is 0 Å². The fourth-order valence-corrected chi connectivity index (χ4v) is 7.94. The van der Waals surface area contributed by atoms with Crippen LogP contribution in [0.2, 0.25) is 0 Å². The van der Waals surface area contributed by atoms with Crippen LogP contribution in [0.4, 0.5) is 0 Å². The first kappa shape index (κ1) is 23.8. The van der Waals surface area contributed by atoms with Gasteiger partial charge in [0.15, 0.2) is 0 Å². The van der Waals surface area contributed by atoms with Crippen LogP contribution >= 0.6 is 0 Å². The summed E-state index contributed by atoms with van der Waals surface area (Å²) in [5, 5.41) is 2.62. The largest absolute Gasteiger partial charge is 0.309 e. The molecule has 200 valence electrons. The SMILES string of the molecule is CC1(C)c2ccccc2-c2cc3c4ccccc4n(-c4ccc5c(c4)-c4ccccc4CC5c4ccccc4)c3cc21. The summed E-state index contributed by atoms with van der Waals surface area (Å²) in [6.45, 7) is 4.74. The van der Waals surface area contributed by atoms with E-state index < -0.39 is 0 Å². The fourth-order valence-electron chi connectivity index (χ4n) is 7.94. The Hall–Kier alpha value is -4.88. The Morgan fingerprint density at radius 3 is 2.17 bits per heavy atom. The molecule has 1 heterocycles. The number of rotatable bonds is 2. The molecule has 2 aliphatic rings. The summed E-state index contributed by atoms with van der Waals surface area (Å²) in [5.74, 6) is 0.353. The van der Waals surface area contributed by atoms with E-state index in [0.29, 0.717) is 5.92 Å². The second-order valence-corrected chi connectivity index (χ2v) is 12.5. The molecule has 0 fully saturated rings. The van der Waals surface area contributed by atoms with Crippen molar-refractivity contribution in [2.75, 3.05) is 0 Å². The Balaban J connectivity index is 1.32. The normalized spacial score (nSPS) is 16.2. The maximum Gasteiger partial charge on any atom is 0.0544 e. The van der Waals surface area contributed by atoms with Crippen LogP contribution in [-0.4, -0.2) is 4.57 Å². The number of hydrogen-bond donors (Lipinski definition) is 0. The highest BCUT2D eigenvalue weighted by Gasteiger charge is 2.36. The predicted octanol–water partition coefficient (Wildman–Crippen LogP) is 10.4. The van der Waals surface area contributed by atoms with E-state index in [9.17, 15) is 0 Å². The molecule has 1 aromatic heterocycles. The van der Waals surface area contributed by atoms with E-state index in [1.54, 1.807) is 0 Å². The summed E-state index contributed by atoms with van der Waals surface area (Å²) in [6, 6.07) is 50.0. The third kappa shape index (κ3) is 3.20. The van der Waals surface area contributed by atoms with E-state index in [2.05, 4.69) is 152 Å². The number of benzene rings is 6. The van der Waals surface area contributed by atoms with Gasteiger partial charge in [0.05, 0.1) is 11.0 Å². The number of fused-ring (bicyclic) bond motifs is 9. The van der Waals surface area contributed by atoms with Crippen molar-refractivity contribution in [3.05, 3.63) is 161 Å². The molecule has 1 nitrogen and oxygen atoms in total. The summed E-state index contributed by atoms with van der Waals surface area (Å²) < 4.78 is 2.50. The van der Waals surface area contributed by atoms with Crippen LogP contribution in [0, 0.1) is 0 Å². The Kier molecular flexibility index (Phi) is 4.85. The first-order valence-electron chi connectivity index (χ1n) is 15.0. The lowest BCUT2D eigenvalue weighted by molar-refractivity contribution is 0.661. The van der Waals surface area contributed by atoms with Crippen molar-refractivity contribution in [3.63, 3.8) is 0 Å². The molecule has 7 aromatic rings. The molecule has 1 heteroatoms. The van der Waals surface area contributed by atoms with Crippen LogP contribution in [0.25, 0.3) is 49.7 Å². The molecule has 0 N–H and O–H groups in total. The van der Waals surface area contributed by atoms with Crippen molar-refractivity contribution >= 4 is 21.8 Å². The molecule has 9 rings (SSSR count). The van der Waals surface area contributed by atoms with Gasteiger partial charge in [0.1, 0.15) is 0 Å². The topological polar surface area (TPSA) is 4.93 Å². The molecule has 0 spiro atoms. The van der Waals surface area contributed by atoms with E-state index >= 15 is 0 Å². The van der Waals surface area contributed by atoms with Crippen LogP contribution in [0.3, 0.4) is 0 Å². The lowest BCUT2D eigenvalue weighted by Crippen LogP contribution is -2.15. The van der Waals surface area contributed by atoms with E-state index in [-0.39, 0.29) is 5.41 Å². The van der Waals surface area contributed by atoms with Crippen molar-refractivity contribution in [1.29, 1.82) is 0 Å². The number of nitrogens with zero attached hydrogens (tertiary/aromatic N) is 1. The monoisotopic (exact) mass is 537 g/mol. The molecule has 0 saturated heterocycles. The van der Waals surface area contributed by atoms with Gasteiger partial charge >= 0.3 is 0 Å². The second-order valence-electron chi connectivity index (χ2n) is 12.5. The van der Waals surface area contributed by atoms with Crippen molar-refractivity contribution in [2.45, 2.75) is 31.6 Å². The van der Waals surface area contributed by atoms with Gasteiger partial charge in [-0.1, -0.05) is 117 Å². The van der Waals surface area contributed by atoms with Gasteiger partial charge in [-0.2, -0.15) is 0 Å². The standard InChI is InChI=1S/C41H31N/c1-41(2)37-18-10-8-16-31(37)35-24-36-32-17-9-11-19-39(32)42(40(36)25-38(35)41)28-20-21-30-33(26-12-4-3-5-13-26)22-27-14-6-7-15-29(27)34(30)23-28/h3-21,23-25,33H,22H2,1-2H3. The van der Waals surface area contributed by atoms with Crippen LogP contribution in [-0.2, 0) is 11.8 Å². The molecule has 0 aliphatic heterocycles. The predicted molar refractivity (Wildman–Crippen MR) is 176 cm³/mol. The lowest BCUT2D eigenvalue weighted by atomic mass is 9.75. The zero-order chi connectivity index (χ0) is 28.0. The first-order valence-corrected chi connectivity index (χ1v) is 15.0.